The molecule has 19 heavy (non-hydrogen) atoms. The molecular weight excluding hydrogens is 244 g/mol. The summed E-state index contributed by atoms with van der Waals surface area (Å²) in [5.41, 5.74) is 7.62. The van der Waals surface area contributed by atoms with Gasteiger partial charge >= 0.3 is 0 Å². The standard InChI is InChI=1S/C13H18N4O2/c1-3-9-8-15-5-4-11(9)13-16-12(19-17-13)6-10(7-14)18-2/h4-5,8,10H,3,6-7,14H2,1-2H3. The van der Waals surface area contributed by atoms with Gasteiger partial charge in [0.2, 0.25) is 11.7 Å². The monoisotopic (exact) mass is 262 g/mol. The summed E-state index contributed by atoms with van der Waals surface area (Å²) in [6.07, 6.45) is 4.84. The molecule has 0 aliphatic rings. The van der Waals surface area contributed by atoms with Gasteiger partial charge in [-0.1, -0.05) is 12.1 Å². The van der Waals surface area contributed by atoms with Crippen LogP contribution in [0, 0.1) is 0 Å². The zero-order chi connectivity index (χ0) is 13.7. The van der Waals surface area contributed by atoms with E-state index in [1.807, 2.05) is 12.3 Å². The van der Waals surface area contributed by atoms with Crippen molar-refractivity contribution in [1.29, 1.82) is 0 Å². The van der Waals surface area contributed by atoms with Crippen LogP contribution in [0.4, 0.5) is 0 Å². The first-order valence-electron chi connectivity index (χ1n) is 6.27. The smallest absolute Gasteiger partial charge is 0.229 e. The highest BCUT2D eigenvalue weighted by Gasteiger charge is 2.15. The molecule has 2 N–H and O–H groups in total. The maximum Gasteiger partial charge on any atom is 0.229 e. The van der Waals surface area contributed by atoms with E-state index in [9.17, 15) is 0 Å². The number of aryl methyl sites for hydroxylation is 1. The summed E-state index contributed by atoms with van der Waals surface area (Å²) in [6, 6.07) is 1.89. The molecule has 0 spiro atoms. The van der Waals surface area contributed by atoms with E-state index in [1.54, 1.807) is 13.3 Å². The van der Waals surface area contributed by atoms with E-state index < -0.39 is 0 Å². The Morgan fingerprint density at radius 3 is 3.00 bits per heavy atom. The first-order valence-corrected chi connectivity index (χ1v) is 6.27. The fraction of sp³-hybridized carbons (Fsp3) is 0.462. The molecule has 0 saturated heterocycles. The molecule has 2 heterocycles. The average molecular weight is 262 g/mol. The summed E-state index contributed by atoms with van der Waals surface area (Å²) in [5.74, 6) is 1.12. The van der Waals surface area contributed by atoms with Gasteiger partial charge in [-0.15, -0.1) is 0 Å². The topological polar surface area (TPSA) is 87.1 Å². The molecule has 0 amide bonds. The summed E-state index contributed by atoms with van der Waals surface area (Å²) in [5, 5.41) is 4.01. The van der Waals surface area contributed by atoms with Crippen LogP contribution in [0.25, 0.3) is 11.4 Å². The molecule has 0 aromatic carbocycles. The molecule has 2 rings (SSSR count). The SMILES string of the molecule is CCc1cnccc1-c1noc(CC(CN)OC)n1. The molecule has 2 aromatic heterocycles. The second kappa shape index (κ2) is 6.40. The Morgan fingerprint density at radius 2 is 2.32 bits per heavy atom. The fourth-order valence-electron chi connectivity index (χ4n) is 1.83. The molecule has 0 aliphatic carbocycles. The number of pyridine rings is 1. The quantitative estimate of drug-likeness (QED) is 0.842. The van der Waals surface area contributed by atoms with Gasteiger partial charge in [0.05, 0.1) is 12.5 Å². The highest BCUT2D eigenvalue weighted by Crippen LogP contribution is 2.20. The lowest BCUT2D eigenvalue weighted by Gasteiger charge is -2.08. The molecule has 0 fully saturated rings. The van der Waals surface area contributed by atoms with Crippen molar-refractivity contribution in [3.8, 4) is 11.4 Å². The number of aromatic nitrogens is 3. The molecule has 2 aromatic rings. The lowest BCUT2D eigenvalue weighted by atomic mass is 10.1. The minimum absolute atomic E-state index is 0.101. The number of nitrogens with zero attached hydrogens (tertiary/aromatic N) is 3. The van der Waals surface area contributed by atoms with Gasteiger partial charge in [0.15, 0.2) is 0 Å². The van der Waals surface area contributed by atoms with E-state index in [4.69, 9.17) is 15.0 Å². The summed E-state index contributed by atoms with van der Waals surface area (Å²) < 4.78 is 10.4. The van der Waals surface area contributed by atoms with Crippen LogP contribution in [0.3, 0.4) is 0 Å². The van der Waals surface area contributed by atoms with Crippen LogP contribution in [0.1, 0.15) is 18.4 Å². The lowest BCUT2D eigenvalue weighted by Crippen LogP contribution is -2.24. The Labute approximate surface area is 112 Å². The zero-order valence-electron chi connectivity index (χ0n) is 11.2. The van der Waals surface area contributed by atoms with Gasteiger partial charge in [0.25, 0.3) is 0 Å². The van der Waals surface area contributed by atoms with Crippen molar-refractivity contribution in [3.05, 3.63) is 29.9 Å². The molecule has 0 aliphatic heterocycles. The Balaban J connectivity index is 2.21. The third kappa shape index (κ3) is 3.15. The number of methoxy groups -OCH3 is 1. The second-order valence-electron chi connectivity index (χ2n) is 4.20. The van der Waals surface area contributed by atoms with Crippen molar-refractivity contribution in [2.45, 2.75) is 25.9 Å². The van der Waals surface area contributed by atoms with Gasteiger partial charge in [-0.25, -0.2) is 0 Å². The van der Waals surface area contributed by atoms with Crippen molar-refractivity contribution in [2.75, 3.05) is 13.7 Å². The summed E-state index contributed by atoms with van der Waals surface area (Å²) >= 11 is 0. The second-order valence-corrected chi connectivity index (χ2v) is 4.20. The third-order valence-corrected chi connectivity index (χ3v) is 2.99. The van der Waals surface area contributed by atoms with Crippen LogP contribution in [0.5, 0.6) is 0 Å². The predicted octanol–water partition coefficient (Wildman–Crippen LogP) is 1.21. The molecule has 0 bridgehead atoms. The molecule has 6 nitrogen and oxygen atoms in total. The minimum Gasteiger partial charge on any atom is -0.380 e. The third-order valence-electron chi connectivity index (χ3n) is 2.99. The van der Waals surface area contributed by atoms with Crippen LogP contribution >= 0.6 is 0 Å². The molecule has 102 valence electrons. The maximum atomic E-state index is 5.57. The van der Waals surface area contributed by atoms with Crippen molar-refractivity contribution in [2.24, 2.45) is 5.73 Å². The summed E-state index contributed by atoms with van der Waals surface area (Å²) in [4.78, 5) is 8.48. The Bertz CT molecular complexity index is 523. The molecule has 1 unspecified atom stereocenters. The van der Waals surface area contributed by atoms with E-state index in [2.05, 4.69) is 22.0 Å². The molecule has 0 radical (unpaired) electrons. The van der Waals surface area contributed by atoms with E-state index in [-0.39, 0.29) is 6.10 Å². The van der Waals surface area contributed by atoms with Gasteiger partial charge in [0.1, 0.15) is 0 Å². The van der Waals surface area contributed by atoms with Crippen LogP contribution < -0.4 is 5.73 Å². The molecule has 0 saturated carbocycles. The summed E-state index contributed by atoms with van der Waals surface area (Å²) in [7, 11) is 1.62. The summed E-state index contributed by atoms with van der Waals surface area (Å²) in [6.45, 7) is 2.49. The Kier molecular flexibility index (Phi) is 4.59. The van der Waals surface area contributed by atoms with Gasteiger partial charge in [-0.05, 0) is 18.1 Å². The van der Waals surface area contributed by atoms with Crippen molar-refractivity contribution in [1.82, 2.24) is 15.1 Å². The van der Waals surface area contributed by atoms with Crippen LogP contribution in [-0.4, -0.2) is 34.9 Å². The number of nitrogens with two attached hydrogens (primary N) is 1. The normalized spacial score (nSPS) is 12.6. The van der Waals surface area contributed by atoms with E-state index in [0.717, 1.165) is 17.5 Å². The average Bonchev–Trinajstić information content (AvgIpc) is 2.93. The number of ether oxygens (including phenoxy) is 1. The Hall–Kier alpha value is -1.79. The first kappa shape index (κ1) is 13.6. The van der Waals surface area contributed by atoms with Crippen LogP contribution in [-0.2, 0) is 17.6 Å². The highest BCUT2D eigenvalue weighted by atomic mass is 16.5. The van der Waals surface area contributed by atoms with Crippen molar-refractivity contribution < 1.29 is 9.26 Å². The van der Waals surface area contributed by atoms with E-state index in [0.29, 0.717) is 24.7 Å². The van der Waals surface area contributed by atoms with Crippen molar-refractivity contribution in [3.63, 3.8) is 0 Å². The van der Waals surface area contributed by atoms with Gasteiger partial charge < -0.3 is 15.0 Å². The predicted molar refractivity (Wildman–Crippen MR) is 70.5 cm³/mol. The van der Waals surface area contributed by atoms with Crippen molar-refractivity contribution >= 4 is 0 Å². The molecule has 1 atom stereocenters. The van der Waals surface area contributed by atoms with E-state index >= 15 is 0 Å². The number of rotatable bonds is 6. The lowest BCUT2D eigenvalue weighted by molar-refractivity contribution is 0.102. The van der Waals surface area contributed by atoms with Gasteiger partial charge in [0, 0.05) is 31.6 Å². The molecular formula is C13H18N4O2. The van der Waals surface area contributed by atoms with E-state index in [1.165, 1.54) is 0 Å². The number of hydrogen-bond donors (Lipinski definition) is 1. The van der Waals surface area contributed by atoms with Crippen LogP contribution in [0.15, 0.2) is 23.0 Å². The Morgan fingerprint density at radius 1 is 1.47 bits per heavy atom. The fourth-order valence-corrected chi connectivity index (χ4v) is 1.83. The largest absolute Gasteiger partial charge is 0.380 e. The molecule has 6 heteroatoms. The minimum atomic E-state index is -0.101. The highest BCUT2D eigenvalue weighted by molar-refractivity contribution is 5.58. The first-order chi connectivity index (χ1) is 9.28. The van der Waals surface area contributed by atoms with Crippen LogP contribution in [0.2, 0.25) is 0 Å². The maximum absolute atomic E-state index is 5.57. The zero-order valence-corrected chi connectivity index (χ0v) is 11.2. The van der Waals surface area contributed by atoms with Gasteiger partial charge in [-0.3, -0.25) is 4.98 Å². The van der Waals surface area contributed by atoms with Gasteiger partial charge in [-0.2, -0.15) is 4.98 Å². The number of hydrogen-bond acceptors (Lipinski definition) is 6.